The zero-order valence-corrected chi connectivity index (χ0v) is 13.8. The topological polar surface area (TPSA) is 66.4 Å². The number of aliphatic hydroxyl groups is 1. The molecule has 2 rings (SSSR count). The highest BCUT2D eigenvalue weighted by molar-refractivity contribution is 7.89. The minimum atomic E-state index is -3.57. The van der Waals surface area contributed by atoms with Crippen molar-refractivity contribution in [2.45, 2.75) is 24.3 Å². The van der Waals surface area contributed by atoms with Crippen LogP contribution >= 0.6 is 22.9 Å². The zero-order valence-electron chi connectivity index (χ0n) is 11.4. The highest BCUT2D eigenvalue weighted by atomic mass is 35.5. The summed E-state index contributed by atoms with van der Waals surface area (Å²) in [7, 11) is -3.57. The Kier molecular flexibility index (Phi) is 5.40. The Hall–Kier alpha value is -0.920. The molecule has 0 amide bonds. The monoisotopic (exact) mass is 345 g/mol. The van der Waals surface area contributed by atoms with Gasteiger partial charge in [-0.1, -0.05) is 23.7 Å². The van der Waals surface area contributed by atoms with Crippen molar-refractivity contribution in [1.82, 2.24) is 4.72 Å². The van der Waals surface area contributed by atoms with Crippen LogP contribution in [0, 0.1) is 0 Å². The number of aliphatic hydroxyl groups excluding tert-OH is 1. The van der Waals surface area contributed by atoms with Gasteiger partial charge in [-0.05, 0) is 43.2 Å². The van der Waals surface area contributed by atoms with Crippen LogP contribution in [0.5, 0.6) is 0 Å². The van der Waals surface area contributed by atoms with E-state index in [9.17, 15) is 13.5 Å². The van der Waals surface area contributed by atoms with Crippen LogP contribution in [0.1, 0.15) is 23.5 Å². The molecule has 0 bridgehead atoms. The van der Waals surface area contributed by atoms with E-state index < -0.39 is 16.1 Å². The van der Waals surface area contributed by atoms with E-state index in [4.69, 9.17) is 11.6 Å². The van der Waals surface area contributed by atoms with Gasteiger partial charge in [0.1, 0.15) is 0 Å². The molecule has 1 atom stereocenters. The number of nitrogens with one attached hydrogen (secondary N) is 1. The van der Waals surface area contributed by atoms with Gasteiger partial charge in [0.25, 0.3) is 0 Å². The zero-order chi connectivity index (χ0) is 15.5. The highest BCUT2D eigenvalue weighted by Gasteiger charge is 2.15. The molecule has 7 heteroatoms. The minimum absolute atomic E-state index is 0.158. The maximum Gasteiger partial charge on any atom is 0.240 e. The smallest absolute Gasteiger partial charge is 0.240 e. The molecule has 0 aliphatic rings. The van der Waals surface area contributed by atoms with Crippen LogP contribution in [0.4, 0.5) is 0 Å². The van der Waals surface area contributed by atoms with Crippen molar-refractivity contribution in [3.63, 3.8) is 0 Å². The van der Waals surface area contributed by atoms with E-state index in [1.807, 2.05) is 6.07 Å². The van der Waals surface area contributed by atoms with Gasteiger partial charge in [0.2, 0.25) is 10.0 Å². The average molecular weight is 346 g/mol. The van der Waals surface area contributed by atoms with Gasteiger partial charge >= 0.3 is 0 Å². The molecule has 114 valence electrons. The summed E-state index contributed by atoms with van der Waals surface area (Å²) >= 11 is 7.27. The fourth-order valence-electron chi connectivity index (χ4n) is 1.82. The molecule has 1 unspecified atom stereocenters. The van der Waals surface area contributed by atoms with Crippen LogP contribution in [0.25, 0.3) is 0 Å². The molecule has 0 aliphatic heterocycles. The normalized spacial score (nSPS) is 13.3. The minimum Gasteiger partial charge on any atom is -0.389 e. The second-order valence-corrected chi connectivity index (χ2v) is 8.17. The molecule has 1 heterocycles. The number of hydrogen-bond acceptors (Lipinski definition) is 4. The van der Waals surface area contributed by atoms with E-state index >= 15 is 0 Å². The van der Waals surface area contributed by atoms with Gasteiger partial charge in [-0.25, -0.2) is 13.1 Å². The summed E-state index contributed by atoms with van der Waals surface area (Å²) in [5, 5.41) is 9.51. The van der Waals surface area contributed by atoms with E-state index in [2.05, 4.69) is 4.72 Å². The van der Waals surface area contributed by atoms with Crippen LogP contribution in [0.15, 0.2) is 41.3 Å². The number of halogens is 1. The Morgan fingerprint density at radius 1 is 1.33 bits per heavy atom. The lowest BCUT2D eigenvalue weighted by Gasteiger charge is -2.09. The Bertz CT molecular complexity index is 711. The second kappa shape index (κ2) is 6.89. The van der Waals surface area contributed by atoms with Crippen LogP contribution in [0.3, 0.4) is 0 Å². The third kappa shape index (κ3) is 4.52. The molecule has 0 saturated heterocycles. The number of sulfonamides is 1. The van der Waals surface area contributed by atoms with E-state index in [1.54, 1.807) is 25.1 Å². The number of hydrogen-bond donors (Lipinski definition) is 2. The highest BCUT2D eigenvalue weighted by Crippen LogP contribution is 2.22. The van der Waals surface area contributed by atoms with Crippen molar-refractivity contribution in [3.05, 3.63) is 51.2 Å². The Morgan fingerprint density at radius 2 is 2.10 bits per heavy atom. The SMILES string of the molecule is CC(O)c1cccc(S(=O)(=O)NCCc2ccc(Cl)s2)c1. The summed E-state index contributed by atoms with van der Waals surface area (Å²) in [5.41, 5.74) is 0.572. The summed E-state index contributed by atoms with van der Waals surface area (Å²) in [6, 6.07) is 9.98. The number of benzene rings is 1. The third-order valence-corrected chi connectivity index (χ3v) is 5.69. The average Bonchev–Trinajstić information content (AvgIpc) is 2.84. The van der Waals surface area contributed by atoms with Crippen molar-refractivity contribution in [1.29, 1.82) is 0 Å². The van der Waals surface area contributed by atoms with Gasteiger partial charge in [-0.15, -0.1) is 11.3 Å². The van der Waals surface area contributed by atoms with Crippen molar-refractivity contribution in [2.75, 3.05) is 6.54 Å². The van der Waals surface area contributed by atoms with Crippen LogP contribution < -0.4 is 4.72 Å². The summed E-state index contributed by atoms with van der Waals surface area (Å²) in [5.74, 6) is 0. The lowest BCUT2D eigenvalue weighted by Crippen LogP contribution is -2.26. The molecule has 0 saturated carbocycles. The molecule has 1 aromatic heterocycles. The molecular weight excluding hydrogens is 330 g/mol. The van der Waals surface area contributed by atoms with Crippen LogP contribution in [-0.4, -0.2) is 20.1 Å². The Balaban J connectivity index is 2.03. The maximum atomic E-state index is 12.2. The first-order valence-corrected chi connectivity index (χ1v) is 9.08. The lowest BCUT2D eigenvalue weighted by molar-refractivity contribution is 0.199. The van der Waals surface area contributed by atoms with Crippen molar-refractivity contribution < 1.29 is 13.5 Å². The first-order chi connectivity index (χ1) is 9.88. The molecular formula is C14H16ClNO3S2. The lowest BCUT2D eigenvalue weighted by atomic mass is 10.1. The second-order valence-electron chi connectivity index (χ2n) is 4.60. The fraction of sp³-hybridized carbons (Fsp3) is 0.286. The summed E-state index contributed by atoms with van der Waals surface area (Å²) < 4.78 is 27.6. The molecule has 21 heavy (non-hydrogen) atoms. The van der Waals surface area contributed by atoms with Gasteiger partial charge in [-0.2, -0.15) is 0 Å². The predicted molar refractivity (Wildman–Crippen MR) is 85.3 cm³/mol. The predicted octanol–water partition coefficient (Wildman–Crippen LogP) is 2.98. The summed E-state index contributed by atoms with van der Waals surface area (Å²) in [4.78, 5) is 1.19. The summed E-state index contributed by atoms with van der Waals surface area (Å²) in [6.45, 7) is 1.90. The van der Waals surface area contributed by atoms with Gasteiger partial charge in [0.15, 0.2) is 0 Å². The first-order valence-electron chi connectivity index (χ1n) is 6.40. The largest absolute Gasteiger partial charge is 0.389 e. The van der Waals surface area contributed by atoms with Gasteiger partial charge in [0, 0.05) is 11.4 Å². The first kappa shape index (κ1) is 16.5. The standard InChI is InChI=1S/C14H16ClNO3S2/c1-10(17)11-3-2-4-13(9-11)21(18,19)16-8-7-12-5-6-14(15)20-12/h2-6,9-10,16-17H,7-8H2,1H3. The van der Waals surface area contributed by atoms with E-state index in [-0.39, 0.29) is 4.90 Å². The molecule has 0 aliphatic carbocycles. The fourth-order valence-corrected chi connectivity index (χ4v) is 3.99. The van der Waals surface area contributed by atoms with Crippen LogP contribution in [-0.2, 0) is 16.4 Å². The quantitative estimate of drug-likeness (QED) is 0.845. The van der Waals surface area contributed by atoms with Crippen molar-refractivity contribution >= 4 is 33.0 Å². The molecule has 4 nitrogen and oxygen atoms in total. The molecule has 2 aromatic rings. The van der Waals surface area contributed by atoms with E-state index in [0.717, 1.165) is 4.88 Å². The van der Waals surface area contributed by atoms with Crippen molar-refractivity contribution in [2.24, 2.45) is 0 Å². The van der Waals surface area contributed by atoms with Gasteiger partial charge < -0.3 is 5.11 Å². The molecule has 0 fully saturated rings. The van der Waals surface area contributed by atoms with Gasteiger partial charge in [-0.3, -0.25) is 0 Å². The molecule has 0 spiro atoms. The number of rotatable bonds is 6. The summed E-state index contributed by atoms with van der Waals surface area (Å²) in [6.07, 6.45) is -0.111. The van der Waals surface area contributed by atoms with Crippen LogP contribution in [0.2, 0.25) is 4.34 Å². The van der Waals surface area contributed by atoms with Crippen molar-refractivity contribution in [3.8, 4) is 0 Å². The Morgan fingerprint density at radius 3 is 2.71 bits per heavy atom. The van der Waals surface area contributed by atoms with Gasteiger partial charge in [0.05, 0.1) is 15.3 Å². The molecule has 1 aromatic carbocycles. The Labute approximate surface area is 133 Å². The molecule has 2 N–H and O–H groups in total. The van der Waals surface area contributed by atoms with E-state index in [1.165, 1.54) is 23.5 Å². The van der Waals surface area contributed by atoms with E-state index in [0.29, 0.717) is 22.9 Å². The number of thiophene rings is 1. The third-order valence-electron chi connectivity index (χ3n) is 2.94. The maximum absolute atomic E-state index is 12.2. The molecule has 0 radical (unpaired) electrons.